The van der Waals surface area contributed by atoms with Crippen LogP contribution >= 0.6 is 11.8 Å². The summed E-state index contributed by atoms with van der Waals surface area (Å²) < 4.78 is 13.1. The van der Waals surface area contributed by atoms with Gasteiger partial charge >= 0.3 is 0 Å². The van der Waals surface area contributed by atoms with Crippen molar-refractivity contribution < 1.29 is 9.18 Å². The zero-order valence-corrected chi connectivity index (χ0v) is 9.42. The summed E-state index contributed by atoms with van der Waals surface area (Å²) in [5.74, 6) is 0. The topological polar surface area (TPSA) is 29.4 Å². The van der Waals surface area contributed by atoms with Crippen LogP contribution in [0.1, 0.15) is 25.7 Å². The van der Waals surface area contributed by atoms with E-state index in [9.17, 15) is 9.18 Å². The Morgan fingerprint density at radius 2 is 1.93 bits per heavy atom. The minimum Gasteiger partial charge on any atom is -0.215 e. The van der Waals surface area contributed by atoms with Crippen molar-refractivity contribution in [1.29, 1.82) is 0 Å². The van der Waals surface area contributed by atoms with Gasteiger partial charge in [-0.15, -0.1) is 11.8 Å². The first-order valence-electron chi connectivity index (χ1n) is 4.61. The smallest absolute Gasteiger partial charge is 0.215 e. The van der Waals surface area contributed by atoms with Gasteiger partial charge in [-0.05, 0) is 12.1 Å². The number of halogens is 1. The molecule has 0 N–H and O–H groups in total. The van der Waals surface area contributed by atoms with E-state index in [1.165, 1.54) is 6.08 Å². The minimum atomic E-state index is -1.60. The standard InChI is InChI=1S/C11H12FNOS/c1-8(2)15-10-5-3-9(4-6-10)11(12)13-7-14/h3-6,8,11H,1-2H3. The number of aliphatic imine (C=N–C) groups is 1. The van der Waals surface area contributed by atoms with Crippen LogP contribution in [0.15, 0.2) is 34.2 Å². The fourth-order valence-corrected chi connectivity index (χ4v) is 1.94. The van der Waals surface area contributed by atoms with E-state index in [-0.39, 0.29) is 0 Å². The van der Waals surface area contributed by atoms with E-state index in [0.29, 0.717) is 10.8 Å². The van der Waals surface area contributed by atoms with Gasteiger partial charge < -0.3 is 0 Å². The van der Waals surface area contributed by atoms with Crippen LogP contribution in [0.4, 0.5) is 4.39 Å². The van der Waals surface area contributed by atoms with Gasteiger partial charge in [0, 0.05) is 15.7 Å². The van der Waals surface area contributed by atoms with Crippen molar-refractivity contribution in [2.75, 3.05) is 0 Å². The molecule has 0 aliphatic heterocycles. The molecule has 4 heteroatoms. The van der Waals surface area contributed by atoms with Crippen LogP contribution < -0.4 is 0 Å². The molecule has 1 rings (SSSR count). The highest BCUT2D eigenvalue weighted by atomic mass is 32.2. The summed E-state index contributed by atoms with van der Waals surface area (Å²) >= 11 is 1.70. The van der Waals surface area contributed by atoms with Crippen molar-refractivity contribution in [3.63, 3.8) is 0 Å². The first-order valence-corrected chi connectivity index (χ1v) is 5.49. The molecular formula is C11H12FNOS. The van der Waals surface area contributed by atoms with Crippen LogP contribution in [0.3, 0.4) is 0 Å². The van der Waals surface area contributed by atoms with Crippen molar-refractivity contribution in [3.8, 4) is 0 Å². The fraction of sp³-hybridized carbons (Fsp3) is 0.364. The Bertz CT molecular complexity index is 357. The minimum absolute atomic E-state index is 0.381. The van der Waals surface area contributed by atoms with Crippen molar-refractivity contribution >= 4 is 17.8 Å². The molecule has 1 atom stereocenters. The molecule has 15 heavy (non-hydrogen) atoms. The molecular weight excluding hydrogens is 213 g/mol. The largest absolute Gasteiger partial charge is 0.238 e. The maximum Gasteiger partial charge on any atom is 0.238 e. The molecule has 0 radical (unpaired) electrons. The number of alkyl halides is 1. The van der Waals surface area contributed by atoms with Gasteiger partial charge in [-0.25, -0.2) is 9.18 Å². The second-order valence-corrected chi connectivity index (χ2v) is 4.94. The van der Waals surface area contributed by atoms with E-state index in [4.69, 9.17) is 0 Å². The summed E-state index contributed by atoms with van der Waals surface area (Å²) in [4.78, 5) is 14.0. The van der Waals surface area contributed by atoms with Gasteiger partial charge in [0.1, 0.15) is 0 Å². The SMILES string of the molecule is CC(C)Sc1ccc(C(F)N=C=O)cc1. The molecule has 1 aromatic carbocycles. The second kappa shape index (κ2) is 5.69. The summed E-state index contributed by atoms with van der Waals surface area (Å²) in [6, 6.07) is 6.92. The van der Waals surface area contributed by atoms with E-state index >= 15 is 0 Å². The highest BCUT2D eigenvalue weighted by Gasteiger charge is 2.07. The van der Waals surface area contributed by atoms with Gasteiger partial charge in [-0.3, -0.25) is 0 Å². The molecule has 0 aliphatic carbocycles. The lowest BCUT2D eigenvalue weighted by Gasteiger charge is -2.06. The van der Waals surface area contributed by atoms with Gasteiger partial charge in [0.2, 0.25) is 12.4 Å². The third-order valence-corrected chi connectivity index (χ3v) is 2.71. The van der Waals surface area contributed by atoms with Crippen LogP contribution in [-0.4, -0.2) is 11.3 Å². The molecule has 1 unspecified atom stereocenters. The Morgan fingerprint density at radius 1 is 1.33 bits per heavy atom. The van der Waals surface area contributed by atoms with Gasteiger partial charge in [-0.2, -0.15) is 4.99 Å². The number of thioether (sulfide) groups is 1. The molecule has 0 spiro atoms. The molecule has 0 bridgehead atoms. The lowest BCUT2D eigenvalue weighted by molar-refractivity contribution is 0.356. The van der Waals surface area contributed by atoms with Gasteiger partial charge in [0.05, 0.1) is 0 Å². The molecule has 0 amide bonds. The lowest BCUT2D eigenvalue weighted by atomic mass is 10.2. The molecule has 0 saturated heterocycles. The number of hydrogen-bond acceptors (Lipinski definition) is 3. The van der Waals surface area contributed by atoms with E-state index in [0.717, 1.165) is 4.90 Å². The Kier molecular flexibility index (Phi) is 4.53. The van der Waals surface area contributed by atoms with Crippen LogP contribution in [0, 0.1) is 0 Å². The average Bonchev–Trinajstić information content (AvgIpc) is 2.18. The molecule has 2 nitrogen and oxygen atoms in total. The maximum atomic E-state index is 13.1. The van der Waals surface area contributed by atoms with Crippen molar-refractivity contribution in [2.24, 2.45) is 4.99 Å². The van der Waals surface area contributed by atoms with E-state index in [1.54, 1.807) is 23.9 Å². The summed E-state index contributed by atoms with van der Waals surface area (Å²) in [6.07, 6.45) is -0.389. The van der Waals surface area contributed by atoms with Crippen molar-refractivity contribution in [1.82, 2.24) is 0 Å². The Hall–Kier alpha value is -1.12. The number of nitrogens with zero attached hydrogens (tertiary/aromatic N) is 1. The Labute approximate surface area is 92.6 Å². The Balaban J connectivity index is 2.75. The number of isocyanates is 1. The molecule has 80 valence electrons. The average molecular weight is 225 g/mol. The maximum absolute atomic E-state index is 13.1. The molecule has 0 saturated carbocycles. The van der Waals surface area contributed by atoms with Crippen LogP contribution in [0.2, 0.25) is 0 Å². The summed E-state index contributed by atoms with van der Waals surface area (Å²) in [6.45, 7) is 4.18. The van der Waals surface area contributed by atoms with Crippen LogP contribution in [0.25, 0.3) is 0 Å². The normalized spacial score (nSPS) is 12.3. The van der Waals surface area contributed by atoms with E-state index < -0.39 is 6.30 Å². The van der Waals surface area contributed by atoms with E-state index in [2.05, 4.69) is 18.8 Å². The van der Waals surface area contributed by atoms with Gasteiger partial charge in [0.15, 0.2) is 0 Å². The third kappa shape index (κ3) is 3.86. The molecule has 0 aliphatic rings. The van der Waals surface area contributed by atoms with E-state index in [1.807, 2.05) is 12.1 Å². The predicted octanol–water partition coefficient (Wildman–Crippen LogP) is 3.49. The Morgan fingerprint density at radius 3 is 2.40 bits per heavy atom. The van der Waals surface area contributed by atoms with Crippen molar-refractivity contribution in [3.05, 3.63) is 29.8 Å². The predicted molar refractivity (Wildman–Crippen MR) is 59.4 cm³/mol. The fourth-order valence-electron chi connectivity index (χ4n) is 1.10. The molecule has 0 aromatic heterocycles. The highest BCUT2D eigenvalue weighted by Crippen LogP contribution is 2.25. The third-order valence-electron chi connectivity index (χ3n) is 1.69. The monoisotopic (exact) mass is 225 g/mol. The van der Waals surface area contributed by atoms with Crippen LogP contribution in [-0.2, 0) is 4.79 Å². The highest BCUT2D eigenvalue weighted by molar-refractivity contribution is 7.99. The first-order chi connectivity index (χ1) is 7.13. The summed E-state index contributed by atoms with van der Waals surface area (Å²) in [7, 11) is 0. The van der Waals surface area contributed by atoms with Gasteiger partial charge in [0.25, 0.3) is 0 Å². The number of hydrogen-bond donors (Lipinski definition) is 0. The zero-order chi connectivity index (χ0) is 11.3. The number of carbonyl (C=O) groups excluding carboxylic acids is 1. The number of rotatable bonds is 4. The van der Waals surface area contributed by atoms with Gasteiger partial charge in [-0.1, -0.05) is 26.0 Å². The lowest BCUT2D eigenvalue weighted by Crippen LogP contribution is -1.89. The van der Waals surface area contributed by atoms with Crippen LogP contribution in [0.5, 0.6) is 0 Å². The molecule has 0 fully saturated rings. The first kappa shape index (κ1) is 12.0. The quantitative estimate of drug-likeness (QED) is 0.340. The molecule has 0 heterocycles. The van der Waals surface area contributed by atoms with Crippen molar-refractivity contribution in [2.45, 2.75) is 30.3 Å². The number of benzene rings is 1. The second-order valence-electron chi connectivity index (χ2n) is 3.29. The molecule has 1 aromatic rings. The summed E-state index contributed by atoms with van der Waals surface area (Å²) in [5.41, 5.74) is 0.381. The zero-order valence-electron chi connectivity index (χ0n) is 8.61. The summed E-state index contributed by atoms with van der Waals surface area (Å²) in [5, 5.41) is 0.491.